The Morgan fingerprint density at radius 3 is 2.88 bits per heavy atom. The highest BCUT2D eigenvalue weighted by Crippen LogP contribution is 2.37. The highest BCUT2D eigenvalue weighted by atomic mass is 16.1. The van der Waals surface area contributed by atoms with Crippen molar-refractivity contribution in [3.63, 3.8) is 0 Å². The quantitative estimate of drug-likeness (QED) is 0.787. The summed E-state index contributed by atoms with van der Waals surface area (Å²) in [7, 11) is 0. The van der Waals surface area contributed by atoms with Crippen molar-refractivity contribution < 1.29 is 0 Å². The van der Waals surface area contributed by atoms with Gasteiger partial charge in [-0.1, -0.05) is 0 Å². The number of fused-ring (bicyclic) bond motifs is 1. The number of aromatic nitrogens is 4. The number of hydrogen-bond acceptors (Lipinski definition) is 4. The molecule has 0 saturated heterocycles. The van der Waals surface area contributed by atoms with E-state index in [1.165, 1.54) is 4.52 Å². The maximum absolute atomic E-state index is 12.2. The summed E-state index contributed by atoms with van der Waals surface area (Å²) in [6, 6.07) is 0. The summed E-state index contributed by atoms with van der Waals surface area (Å²) in [5.41, 5.74) is 6.84. The summed E-state index contributed by atoms with van der Waals surface area (Å²) in [4.78, 5) is 20.9. The van der Waals surface area contributed by atoms with Crippen molar-refractivity contribution in [1.29, 1.82) is 0 Å². The first-order valence-electron chi connectivity index (χ1n) is 5.89. The second-order valence-corrected chi connectivity index (χ2v) is 4.54. The largest absolute Gasteiger partial charge is 0.330 e. The Kier molecular flexibility index (Phi) is 2.25. The average molecular weight is 233 g/mol. The Bertz CT molecular complexity index is 623. The van der Waals surface area contributed by atoms with Crippen LogP contribution in [0.2, 0.25) is 0 Å². The van der Waals surface area contributed by atoms with Gasteiger partial charge >= 0.3 is 0 Å². The van der Waals surface area contributed by atoms with Crippen molar-refractivity contribution in [2.75, 3.05) is 6.54 Å². The standard InChI is InChI=1S/C11H15N5O/c1-6-8(4-5-12)10(17)16-11(13-6)14-9(15-16)7-2-3-7/h7H,2-5,12H2,1H3,(H,13,14,15). The van der Waals surface area contributed by atoms with E-state index in [0.29, 0.717) is 30.2 Å². The van der Waals surface area contributed by atoms with Gasteiger partial charge in [0.1, 0.15) is 5.82 Å². The lowest BCUT2D eigenvalue weighted by Crippen LogP contribution is -2.24. The molecular weight excluding hydrogens is 218 g/mol. The van der Waals surface area contributed by atoms with Gasteiger partial charge in [0.2, 0.25) is 0 Å². The normalized spacial score (nSPS) is 15.6. The van der Waals surface area contributed by atoms with Crippen LogP contribution in [0, 0.1) is 6.92 Å². The molecule has 0 bridgehead atoms. The van der Waals surface area contributed by atoms with Gasteiger partial charge < -0.3 is 5.73 Å². The van der Waals surface area contributed by atoms with E-state index in [1.54, 1.807) is 0 Å². The van der Waals surface area contributed by atoms with Crippen LogP contribution in [0.5, 0.6) is 0 Å². The second-order valence-electron chi connectivity index (χ2n) is 4.54. The average Bonchev–Trinajstić information content (AvgIpc) is 3.06. The van der Waals surface area contributed by atoms with Crippen LogP contribution in [0.4, 0.5) is 0 Å². The minimum absolute atomic E-state index is 0.0719. The molecule has 0 aliphatic heterocycles. The van der Waals surface area contributed by atoms with Crippen LogP contribution in [0.25, 0.3) is 5.78 Å². The minimum atomic E-state index is -0.0719. The summed E-state index contributed by atoms with van der Waals surface area (Å²) in [5, 5.41) is 3.04. The molecule has 6 nitrogen and oxygen atoms in total. The third kappa shape index (κ3) is 1.64. The Hall–Kier alpha value is -1.69. The first-order valence-corrected chi connectivity index (χ1v) is 5.89. The lowest BCUT2D eigenvalue weighted by Gasteiger charge is -2.02. The zero-order valence-electron chi connectivity index (χ0n) is 9.73. The van der Waals surface area contributed by atoms with E-state index in [2.05, 4.69) is 15.1 Å². The SMILES string of the molecule is Cc1nc2nc(C3CC3)[nH]n2c(=O)c1CCN. The summed E-state index contributed by atoms with van der Waals surface area (Å²) in [6.07, 6.45) is 2.84. The van der Waals surface area contributed by atoms with Gasteiger partial charge in [0.25, 0.3) is 11.3 Å². The fraction of sp³-hybridized carbons (Fsp3) is 0.545. The Morgan fingerprint density at radius 2 is 2.24 bits per heavy atom. The lowest BCUT2D eigenvalue weighted by atomic mass is 10.2. The molecule has 90 valence electrons. The molecule has 1 saturated carbocycles. The molecule has 0 aromatic carbocycles. The Balaban J connectivity index is 2.21. The first kappa shape index (κ1) is 10.5. The second kappa shape index (κ2) is 3.66. The van der Waals surface area contributed by atoms with Gasteiger partial charge in [0, 0.05) is 11.5 Å². The van der Waals surface area contributed by atoms with E-state index in [0.717, 1.165) is 24.4 Å². The number of nitrogens with one attached hydrogen (secondary N) is 1. The number of aryl methyl sites for hydroxylation is 1. The minimum Gasteiger partial charge on any atom is -0.330 e. The number of aromatic amines is 1. The topological polar surface area (TPSA) is 89.1 Å². The predicted octanol–water partition coefficient (Wildman–Crippen LogP) is 0.105. The summed E-state index contributed by atoms with van der Waals surface area (Å²) in [6.45, 7) is 2.28. The van der Waals surface area contributed by atoms with Crippen LogP contribution in [-0.4, -0.2) is 26.1 Å². The van der Waals surface area contributed by atoms with Gasteiger partial charge in [-0.3, -0.25) is 9.89 Å². The molecule has 2 heterocycles. The van der Waals surface area contributed by atoms with Gasteiger partial charge in [0.15, 0.2) is 0 Å². The molecule has 1 aliphatic carbocycles. The van der Waals surface area contributed by atoms with Crippen LogP contribution in [0.1, 0.15) is 35.8 Å². The molecule has 2 aromatic rings. The number of hydrogen-bond donors (Lipinski definition) is 2. The molecule has 0 spiro atoms. The maximum Gasteiger partial charge on any atom is 0.277 e. The van der Waals surface area contributed by atoms with E-state index in [4.69, 9.17) is 5.73 Å². The highest BCUT2D eigenvalue weighted by Gasteiger charge is 2.27. The summed E-state index contributed by atoms with van der Waals surface area (Å²) in [5.74, 6) is 1.82. The van der Waals surface area contributed by atoms with E-state index in [1.807, 2.05) is 6.92 Å². The monoisotopic (exact) mass is 233 g/mol. The lowest BCUT2D eigenvalue weighted by molar-refractivity contribution is 0.811. The number of nitrogens with two attached hydrogens (primary N) is 1. The van der Waals surface area contributed by atoms with Crippen LogP contribution >= 0.6 is 0 Å². The van der Waals surface area contributed by atoms with E-state index in [-0.39, 0.29) is 5.56 Å². The van der Waals surface area contributed by atoms with E-state index in [9.17, 15) is 4.79 Å². The smallest absolute Gasteiger partial charge is 0.277 e. The zero-order valence-corrected chi connectivity index (χ0v) is 9.73. The van der Waals surface area contributed by atoms with Gasteiger partial charge in [-0.2, -0.15) is 9.50 Å². The van der Waals surface area contributed by atoms with Crippen molar-refractivity contribution in [3.8, 4) is 0 Å². The first-order chi connectivity index (χ1) is 8.20. The molecule has 0 amide bonds. The molecule has 1 aliphatic rings. The molecule has 0 unspecified atom stereocenters. The van der Waals surface area contributed by atoms with Gasteiger partial charge in [-0.25, -0.2) is 4.98 Å². The van der Waals surface area contributed by atoms with Crippen LogP contribution in [-0.2, 0) is 6.42 Å². The Morgan fingerprint density at radius 1 is 1.47 bits per heavy atom. The van der Waals surface area contributed by atoms with Crippen molar-refractivity contribution in [2.24, 2.45) is 5.73 Å². The molecule has 3 rings (SSSR count). The van der Waals surface area contributed by atoms with Crippen molar-refractivity contribution in [3.05, 3.63) is 27.4 Å². The molecule has 3 N–H and O–H groups in total. The third-order valence-corrected chi connectivity index (χ3v) is 3.17. The molecule has 1 fully saturated rings. The highest BCUT2D eigenvalue weighted by molar-refractivity contribution is 5.33. The predicted molar refractivity (Wildman–Crippen MR) is 63.1 cm³/mol. The molecule has 17 heavy (non-hydrogen) atoms. The van der Waals surface area contributed by atoms with E-state index < -0.39 is 0 Å². The van der Waals surface area contributed by atoms with E-state index >= 15 is 0 Å². The zero-order chi connectivity index (χ0) is 12.0. The fourth-order valence-corrected chi connectivity index (χ4v) is 2.04. The van der Waals surface area contributed by atoms with Crippen LogP contribution < -0.4 is 11.3 Å². The molecule has 0 atom stereocenters. The van der Waals surface area contributed by atoms with Gasteiger partial charge in [-0.05, 0) is 32.7 Å². The molecule has 2 aromatic heterocycles. The number of rotatable bonds is 3. The molecule has 0 radical (unpaired) electrons. The number of nitrogens with zero attached hydrogens (tertiary/aromatic N) is 3. The molecular formula is C11H15N5O. The maximum atomic E-state index is 12.2. The Labute approximate surface area is 97.9 Å². The van der Waals surface area contributed by atoms with Gasteiger partial charge in [-0.15, -0.1) is 0 Å². The van der Waals surface area contributed by atoms with Crippen molar-refractivity contribution in [1.82, 2.24) is 19.6 Å². The van der Waals surface area contributed by atoms with Crippen molar-refractivity contribution in [2.45, 2.75) is 32.1 Å². The van der Waals surface area contributed by atoms with Crippen LogP contribution in [0.15, 0.2) is 4.79 Å². The van der Waals surface area contributed by atoms with Crippen molar-refractivity contribution >= 4 is 5.78 Å². The summed E-state index contributed by atoms with van der Waals surface area (Å²) >= 11 is 0. The summed E-state index contributed by atoms with van der Waals surface area (Å²) < 4.78 is 1.44. The third-order valence-electron chi connectivity index (χ3n) is 3.17. The number of H-pyrrole nitrogens is 1. The molecule has 6 heteroatoms. The fourth-order valence-electron chi connectivity index (χ4n) is 2.04. The van der Waals surface area contributed by atoms with Crippen LogP contribution in [0.3, 0.4) is 0 Å². The van der Waals surface area contributed by atoms with Gasteiger partial charge in [0.05, 0.1) is 5.69 Å².